The largest absolute Gasteiger partial charge is 0.340 e. The highest BCUT2D eigenvalue weighted by atomic mass is 15.0. The second kappa shape index (κ2) is 7.28. The third kappa shape index (κ3) is 3.37. The van der Waals surface area contributed by atoms with E-state index in [4.69, 9.17) is 4.98 Å². The van der Waals surface area contributed by atoms with Gasteiger partial charge in [-0.3, -0.25) is 0 Å². The number of nitrogens with zero attached hydrogens (tertiary/aromatic N) is 1. The topological polar surface area (TPSA) is 24.9 Å². The van der Waals surface area contributed by atoms with E-state index in [0.29, 0.717) is 0 Å². The summed E-state index contributed by atoms with van der Waals surface area (Å²) in [5, 5.41) is 6.05. The number of nitrogens with one attached hydrogen (secondary N) is 1. The average Bonchev–Trinajstić information content (AvgIpc) is 2.59. The first-order valence-electron chi connectivity index (χ1n) is 8.56. The molecule has 1 aromatic heterocycles. The smallest absolute Gasteiger partial charge is 0.138 e. The molecule has 0 aliphatic carbocycles. The highest BCUT2D eigenvalue weighted by Crippen LogP contribution is 2.30. The summed E-state index contributed by atoms with van der Waals surface area (Å²) in [6.07, 6.45) is 4.39. The summed E-state index contributed by atoms with van der Waals surface area (Å²) in [6.45, 7) is 4.46. The summed E-state index contributed by atoms with van der Waals surface area (Å²) < 4.78 is 0. The molecule has 0 radical (unpaired) electrons. The van der Waals surface area contributed by atoms with Crippen LogP contribution in [0.5, 0.6) is 0 Å². The molecule has 1 N–H and O–H groups in total. The van der Waals surface area contributed by atoms with Crippen LogP contribution >= 0.6 is 0 Å². The minimum absolute atomic E-state index is 0.968. The predicted molar refractivity (Wildman–Crippen MR) is 99.5 cm³/mol. The number of anilines is 2. The van der Waals surface area contributed by atoms with E-state index >= 15 is 0 Å². The molecule has 3 rings (SSSR count). The Morgan fingerprint density at radius 1 is 0.783 bits per heavy atom. The van der Waals surface area contributed by atoms with E-state index < -0.39 is 0 Å². The van der Waals surface area contributed by atoms with E-state index in [1.807, 2.05) is 18.2 Å². The van der Waals surface area contributed by atoms with Crippen molar-refractivity contribution >= 4 is 22.3 Å². The quantitative estimate of drug-likeness (QED) is 0.614. The van der Waals surface area contributed by atoms with Gasteiger partial charge in [-0.1, -0.05) is 69.2 Å². The molecule has 0 bridgehead atoms. The Balaban J connectivity index is 2.15. The Labute approximate surface area is 138 Å². The standard InChI is InChI=1S/C21H24N2/c1-3-10-18-17-14-8-9-15-19(17)21(23-20(18)11-4-2)22-16-12-6-5-7-13-16/h5-9,12-15H,3-4,10-11H2,1-2H3,(H,22,23). The summed E-state index contributed by atoms with van der Waals surface area (Å²) in [7, 11) is 0. The van der Waals surface area contributed by atoms with Gasteiger partial charge in [0.15, 0.2) is 0 Å². The van der Waals surface area contributed by atoms with E-state index in [-0.39, 0.29) is 0 Å². The van der Waals surface area contributed by atoms with Gasteiger partial charge < -0.3 is 5.32 Å². The molecule has 0 aliphatic heterocycles. The molecule has 0 saturated carbocycles. The zero-order chi connectivity index (χ0) is 16.1. The van der Waals surface area contributed by atoms with Crippen molar-refractivity contribution in [3.8, 4) is 0 Å². The Kier molecular flexibility index (Phi) is 4.92. The zero-order valence-electron chi connectivity index (χ0n) is 14.0. The number of benzene rings is 2. The summed E-state index contributed by atoms with van der Waals surface area (Å²) in [5.41, 5.74) is 3.74. The van der Waals surface area contributed by atoms with Crippen LogP contribution < -0.4 is 5.32 Å². The van der Waals surface area contributed by atoms with E-state index in [1.165, 1.54) is 22.0 Å². The molecule has 1 heterocycles. The zero-order valence-corrected chi connectivity index (χ0v) is 14.0. The maximum absolute atomic E-state index is 4.99. The second-order valence-corrected chi connectivity index (χ2v) is 5.92. The Hall–Kier alpha value is -2.35. The van der Waals surface area contributed by atoms with Gasteiger partial charge in [0.2, 0.25) is 0 Å². The van der Waals surface area contributed by atoms with Gasteiger partial charge in [-0.2, -0.15) is 0 Å². The van der Waals surface area contributed by atoms with Crippen molar-refractivity contribution in [1.29, 1.82) is 0 Å². The fourth-order valence-electron chi connectivity index (χ4n) is 3.10. The summed E-state index contributed by atoms with van der Waals surface area (Å²) in [6, 6.07) is 18.9. The molecule has 2 aromatic carbocycles. The highest BCUT2D eigenvalue weighted by Gasteiger charge is 2.12. The van der Waals surface area contributed by atoms with E-state index in [2.05, 4.69) is 55.6 Å². The third-order valence-electron chi connectivity index (χ3n) is 4.13. The van der Waals surface area contributed by atoms with Gasteiger partial charge in [-0.15, -0.1) is 0 Å². The number of aromatic nitrogens is 1. The normalized spacial score (nSPS) is 10.9. The van der Waals surface area contributed by atoms with Crippen molar-refractivity contribution < 1.29 is 0 Å². The molecule has 0 atom stereocenters. The lowest BCUT2D eigenvalue weighted by Crippen LogP contribution is -2.04. The maximum Gasteiger partial charge on any atom is 0.138 e. The molecule has 2 nitrogen and oxygen atoms in total. The van der Waals surface area contributed by atoms with Gasteiger partial charge in [-0.25, -0.2) is 4.98 Å². The Morgan fingerprint density at radius 3 is 2.13 bits per heavy atom. The molecule has 0 amide bonds. The van der Waals surface area contributed by atoms with Gasteiger partial charge in [0.25, 0.3) is 0 Å². The number of pyridine rings is 1. The first-order valence-corrected chi connectivity index (χ1v) is 8.56. The van der Waals surface area contributed by atoms with Crippen molar-refractivity contribution in [3.05, 3.63) is 65.9 Å². The highest BCUT2D eigenvalue weighted by molar-refractivity contribution is 5.96. The van der Waals surface area contributed by atoms with Gasteiger partial charge in [0.05, 0.1) is 0 Å². The van der Waals surface area contributed by atoms with Crippen molar-refractivity contribution in [3.63, 3.8) is 0 Å². The predicted octanol–water partition coefficient (Wildman–Crippen LogP) is 5.88. The number of hydrogen-bond donors (Lipinski definition) is 1. The molecule has 0 aliphatic rings. The molecule has 0 unspecified atom stereocenters. The van der Waals surface area contributed by atoms with Crippen molar-refractivity contribution in [2.75, 3.05) is 5.32 Å². The molecular formula is C21H24N2. The van der Waals surface area contributed by atoms with Crippen LogP contribution in [0.25, 0.3) is 10.8 Å². The lowest BCUT2D eigenvalue weighted by Gasteiger charge is -2.16. The van der Waals surface area contributed by atoms with Gasteiger partial charge in [0.1, 0.15) is 5.82 Å². The number of hydrogen-bond acceptors (Lipinski definition) is 2. The molecule has 23 heavy (non-hydrogen) atoms. The molecule has 2 heteroatoms. The van der Waals surface area contributed by atoms with Crippen LogP contribution in [-0.4, -0.2) is 4.98 Å². The third-order valence-corrected chi connectivity index (χ3v) is 4.13. The lowest BCUT2D eigenvalue weighted by atomic mass is 9.97. The van der Waals surface area contributed by atoms with Gasteiger partial charge in [0, 0.05) is 16.8 Å². The molecule has 3 aromatic rings. The second-order valence-electron chi connectivity index (χ2n) is 5.92. The van der Waals surface area contributed by atoms with E-state index in [0.717, 1.165) is 37.2 Å². The van der Waals surface area contributed by atoms with Crippen LogP contribution in [0.4, 0.5) is 11.5 Å². The van der Waals surface area contributed by atoms with Crippen LogP contribution in [0.1, 0.15) is 37.9 Å². The molecule has 0 spiro atoms. The monoisotopic (exact) mass is 304 g/mol. The van der Waals surface area contributed by atoms with Gasteiger partial charge in [-0.05, 0) is 35.9 Å². The average molecular weight is 304 g/mol. The van der Waals surface area contributed by atoms with E-state index in [1.54, 1.807) is 0 Å². The maximum atomic E-state index is 4.99. The first kappa shape index (κ1) is 15.5. The molecule has 0 saturated heterocycles. The van der Waals surface area contributed by atoms with Gasteiger partial charge >= 0.3 is 0 Å². The molecular weight excluding hydrogens is 280 g/mol. The van der Waals surface area contributed by atoms with Crippen LogP contribution in [0.2, 0.25) is 0 Å². The summed E-state index contributed by atoms with van der Waals surface area (Å²) in [4.78, 5) is 4.99. The Bertz CT molecular complexity index is 778. The minimum atomic E-state index is 0.968. The fraction of sp³-hybridized carbons (Fsp3) is 0.286. The number of para-hydroxylation sites is 1. The SMILES string of the molecule is CCCc1nc(Nc2ccccc2)c2ccccc2c1CCC. The first-order chi connectivity index (χ1) is 11.3. The van der Waals surface area contributed by atoms with Crippen molar-refractivity contribution in [1.82, 2.24) is 4.98 Å². The van der Waals surface area contributed by atoms with E-state index in [9.17, 15) is 0 Å². The number of fused-ring (bicyclic) bond motifs is 1. The van der Waals surface area contributed by atoms with Crippen LogP contribution in [-0.2, 0) is 12.8 Å². The van der Waals surface area contributed by atoms with Crippen LogP contribution in [0.3, 0.4) is 0 Å². The summed E-state index contributed by atoms with van der Waals surface area (Å²) >= 11 is 0. The van der Waals surface area contributed by atoms with Crippen molar-refractivity contribution in [2.24, 2.45) is 0 Å². The summed E-state index contributed by atoms with van der Waals surface area (Å²) in [5.74, 6) is 0.968. The number of rotatable bonds is 6. The molecule has 118 valence electrons. The number of aryl methyl sites for hydroxylation is 2. The molecule has 0 fully saturated rings. The Morgan fingerprint density at radius 2 is 1.43 bits per heavy atom. The fourth-order valence-corrected chi connectivity index (χ4v) is 3.10. The van der Waals surface area contributed by atoms with Crippen molar-refractivity contribution in [2.45, 2.75) is 39.5 Å². The lowest BCUT2D eigenvalue weighted by molar-refractivity contribution is 0.838. The van der Waals surface area contributed by atoms with Crippen LogP contribution in [0.15, 0.2) is 54.6 Å². The van der Waals surface area contributed by atoms with Crippen LogP contribution in [0, 0.1) is 0 Å². The minimum Gasteiger partial charge on any atom is -0.340 e.